The summed E-state index contributed by atoms with van der Waals surface area (Å²) in [5.41, 5.74) is 5.34. The fourth-order valence-electron chi connectivity index (χ4n) is 3.52. The monoisotopic (exact) mass is 326 g/mol. The smallest absolute Gasteiger partial charge is 0.328 e. The molecule has 0 aromatic carbocycles. The van der Waals surface area contributed by atoms with Gasteiger partial charge in [-0.25, -0.2) is 4.79 Å². The van der Waals surface area contributed by atoms with E-state index in [1.807, 2.05) is 0 Å². The minimum Gasteiger partial charge on any atom is -0.464 e. The molecule has 0 spiro atoms. The highest BCUT2D eigenvalue weighted by molar-refractivity contribution is 5.85. The Morgan fingerprint density at radius 2 is 1.87 bits per heavy atom. The molecule has 0 aromatic rings. The Balaban J connectivity index is 1.88. The SMILES string of the molecule is CCOC(=O)[C@H]1CCCCN1C(=O)C[NH+]1CCC(C(N)=O)CC1. The lowest BCUT2D eigenvalue weighted by atomic mass is 9.96. The van der Waals surface area contributed by atoms with E-state index in [0.29, 0.717) is 26.1 Å². The highest BCUT2D eigenvalue weighted by Gasteiger charge is 2.35. The van der Waals surface area contributed by atoms with Crippen molar-refractivity contribution in [2.45, 2.75) is 45.1 Å². The number of nitrogens with one attached hydrogen (secondary N) is 1. The fourth-order valence-corrected chi connectivity index (χ4v) is 3.52. The summed E-state index contributed by atoms with van der Waals surface area (Å²) in [6, 6.07) is -0.432. The normalized spacial score (nSPS) is 28.2. The number of amides is 2. The fraction of sp³-hybridized carbons (Fsp3) is 0.812. The van der Waals surface area contributed by atoms with Crippen LogP contribution in [-0.4, -0.2) is 61.5 Å². The summed E-state index contributed by atoms with van der Waals surface area (Å²) in [6.45, 7) is 4.67. The van der Waals surface area contributed by atoms with E-state index in [4.69, 9.17) is 10.5 Å². The molecule has 130 valence electrons. The second kappa shape index (κ2) is 8.29. The molecule has 2 heterocycles. The maximum absolute atomic E-state index is 12.6. The van der Waals surface area contributed by atoms with Crippen molar-refractivity contribution in [2.24, 2.45) is 11.7 Å². The predicted molar refractivity (Wildman–Crippen MR) is 83.5 cm³/mol. The van der Waals surface area contributed by atoms with Gasteiger partial charge in [-0.3, -0.25) is 9.59 Å². The second-order valence-electron chi connectivity index (χ2n) is 6.45. The zero-order valence-corrected chi connectivity index (χ0v) is 13.9. The van der Waals surface area contributed by atoms with Crippen molar-refractivity contribution in [3.63, 3.8) is 0 Å². The van der Waals surface area contributed by atoms with E-state index in [2.05, 4.69) is 0 Å². The Labute approximate surface area is 137 Å². The third kappa shape index (κ3) is 4.67. The minimum absolute atomic E-state index is 0.00952. The van der Waals surface area contributed by atoms with E-state index < -0.39 is 6.04 Å². The van der Waals surface area contributed by atoms with E-state index in [9.17, 15) is 14.4 Å². The molecule has 0 saturated carbocycles. The zero-order valence-electron chi connectivity index (χ0n) is 13.9. The van der Waals surface area contributed by atoms with Crippen molar-refractivity contribution in [1.82, 2.24) is 4.90 Å². The lowest BCUT2D eigenvalue weighted by Gasteiger charge is -2.35. The van der Waals surface area contributed by atoms with Gasteiger partial charge in [-0.1, -0.05) is 0 Å². The molecule has 2 aliphatic heterocycles. The number of ether oxygens (including phenoxy) is 1. The molecule has 2 amide bonds. The Kier molecular flexibility index (Phi) is 6.38. The minimum atomic E-state index is -0.432. The van der Waals surface area contributed by atoms with E-state index in [1.54, 1.807) is 11.8 Å². The Morgan fingerprint density at radius 1 is 1.17 bits per heavy atom. The second-order valence-corrected chi connectivity index (χ2v) is 6.45. The van der Waals surface area contributed by atoms with Gasteiger partial charge in [-0.2, -0.15) is 0 Å². The Hall–Kier alpha value is -1.63. The van der Waals surface area contributed by atoms with Crippen LogP contribution in [-0.2, 0) is 19.1 Å². The van der Waals surface area contributed by atoms with Gasteiger partial charge in [0.2, 0.25) is 5.91 Å². The summed E-state index contributed by atoms with van der Waals surface area (Å²) in [5.74, 6) is -0.580. The van der Waals surface area contributed by atoms with Crippen molar-refractivity contribution in [2.75, 3.05) is 32.8 Å². The lowest BCUT2D eigenvalue weighted by molar-refractivity contribution is -0.898. The number of carbonyl (C=O) groups is 3. The highest BCUT2D eigenvalue weighted by atomic mass is 16.5. The van der Waals surface area contributed by atoms with Crippen LogP contribution in [0.4, 0.5) is 0 Å². The molecule has 1 atom stereocenters. The molecule has 7 nitrogen and oxygen atoms in total. The molecule has 0 aliphatic carbocycles. The van der Waals surface area contributed by atoms with Crippen molar-refractivity contribution >= 4 is 17.8 Å². The van der Waals surface area contributed by atoms with Crippen LogP contribution in [0, 0.1) is 5.92 Å². The summed E-state index contributed by atoms with van der Waals surface area (Å²) in [5, 5.41) is 0. The molecular weight excluding hydrogens is 298 g/mol. The van der Waals surface area contributed by atoms with Crippen molar-refractivity contribution in [1.29, 1.82) is 0 Å². The van der Waals surface area contributed by atoms with Crippen LogP contribution in [0.25, 0.3) is 0 Å². The van der Waals surface area contributed by atoms with Crippen LogP contribution in [0.2, 0.25) is 0 Å². The molecule has 2 saturated heterocycles. The summed E-state index contributed by atoms with van der Waals surface area (Å²) in [6.07, 6.45) is 4.03. The third-order valence-corrected chi connectivity index (χ3v) is 4.88. The number of hydrogen-bond acceptors (Lipinski definition) is 4. The van der Waals surface area contributed by atoms with E-state index in [0.717, 1.165) is 38.8 Å². The molecule has 7 heteroatoms. The number of esters is 1. The summed E-state index contributed by atoms with van der Waals surface area (Å²) in [7, 11) is 0. The number of carbonyl (C=O) groups excluding carboxylic acids is 3. The molecule has 2 rings (SSSR count). The maximum atomic E-state index is 12.6. The van der Waals surface area contributed by atoms with E-state index in [1.165, 1.54) is 4.90 Å². The quantitative estimate of drug-likeness (QED) is 0.615. The van der Waals surface area contributed by atoms with Crippen LogP contribution in [0.5, 0.6) is 0 Å². The number of hydrogen-bond donors (Lipinski definition) is 2. The van der Waals surface area contributed by atoms with Crippen LogP contribution >= 0.6 is 0 Å². The van der Waals surface area contributed by atoms with Gasteiger partial charge < -0.3 is 20.3 Å². The van der Waals surface area contributed by atoms with Gasteiger partial charge >= 0.3 is 5.97 Å². The van der Waals surface area contributed by atoms with Crippen LogP contribution in [0.1, 0.15) is 39.0 Å². The summed E-state index contributed by atoms with van der Waals surface area (Å²) < 4.78 is 5.10. The van der Waals surface area contributed by atoms with Gasteiger partial charge in [0.05, 0.1) is 19.7 Å². The highest BCUT2D eigenvalue weighted by Crippen LogP contribution is 2.18. The first-order valence-corrected chi connectivity index (χ1v) is 8.62. The first-order valence-electron chi connectivity index (χ1n) is 8.62. The van der Waals surface area contributed by atoms with Gasteiger partial charge in [-0.15, -0.1) is 0 Å². The first kappa shape index (κ1) is 17.7. The van der Waals surface area contributed by atoms with Crippen LogP contribution < -0.4 is 10.6 Å². The number of quaternary nitrogens is 1. The van der Waals surface area contributed by atoms with Crippen molar-refractivity contribution < 1.29 is 24.0 Å². The zero-order chi connectivity index (χ0) is 16.8. The number of rotatable bonds is 5. The lowest BCUT2D eigenvalue weighted by Crippen LogP contribution is -3.14. The number of nitrogens with two attached hydrogens (primary N) is 1. The van der Waals surface area contributed by atoms with Crippen LogP contribution in [0.3, 0.4) is 0 Å². The summed E-state index contributed by atoms with van der Waals surface area (Å²) >= 11 is 0. The number of nitrogens with zero attached hydrogens (tertiary/aromatic N) is 1. The molecular formula is C16H28N3O4+. The molecule has 0 aromatic heterocycles. The number of primary amides is 1. The molecule has 2 fully saturated rings. The number of likely N-dealkylation sites (tertiary alicyclic amines) is 2. The predicted octanol–water partition coefficient (Wildman–Crippen LogP) is -1.29. The standard InChI is InChI=1S/C16H27N3O4/c1-2-23-16(22)13-5-3-4-8-19(13)14(20)11-18-9-6-12(7-10-18)15(17)21/h12-13H,2-11H2,1H3,(H2,17,21)/p+1/t13-/m1/s1. The average Bonchev–Trinajstić information content (AvgIpc) is 2.55. The van der Waals surface area contributed by atoms with Crippen LogP contribution in [0.15, 0.2) is 0 Å². The molecule has 23 heavy (non-hydrogen) atoms. The van der Waals surface area contributed by atoms with Gasteiger partial charge in [0.15, 0.2) is 6.54 Å². The summed E-state index contributed by atoms with van der Waals surface area (Å²) in [4.78, 5) is 38.7. The Morgan fingerprint density at radius 3 is 2.48 bits per heavy atom. The van der Waals surface area contributed by atoms with Gasteiger partial charge in [0, 0.05) is 25.3 Å². The van der Waals surface area contributed by atoms with Crippen molar-refractivity contribution in [3.8, 4) is 0 Å². The Bertz CT molecular complexity index is 447. The van der Waals surface area contributed by atoms with Gasteiger partial charge in [0.25, 0.3) is 5.91 Å². The molecule has 0 unspecified atom stereocenters. The van der Waals surface area contributed by atoms with E-state index in [-0.39, 0.29) is 23.7 Å². The third-order valence-electron chi connectivity index (χ3n) is 4.88. The molecule has 0 radical (unpaired) electrons. The molecule has 3 N–H and O–H groups in total. The molecule has 2 aliphatic rings. The molecule has 0 bridgehead atoms. The average molecular weight is 326 g/mol. The maximum Gasteiger partial charge on any atom is 0.328 e. The first-order chi connectivity index (χ1) is 11.0. The van der Waals surface area contributed by atoms with Gasteiger partial charge in [-0.05, 0) is 26.2 Å². The largest absolute Gasteiger partial charge is 0.464 e. The van der Waals surface area contributed by atoms with Gasteiger partial charge in [0.1, 0.15) is 6.04 Å². The van der Waals surface area contributed by atoms with E-state index >= 15 is 0 Å². The number of piperidine rings is 2. The topological polar surface area (TPSA) is 94.1 Å². The van der Waals surface area contributed by atoms with Crippen molar-refractivity contribution in [3.05, 3.63) is 0 Å².